The molecule has 126 valence electrons. The lowest BCUT2D eigenvalue weighted by molar-refractivity contribution is -0.0761. The number of pyridine rings is 1. The Labute approximate surface area is 136 Å². The Bertz CT molecular complexity index is 679. The highest BCUT2D eigenvalue weighted by molar-refractivity contribution is 7.88. The molecule has 0 aromatic carbocycles. The molecule has 0 unspecified atom stereocenters. The molecule has 7 nitrogen and oxygen atoms in total. The van der Waals surface area contributed by atoms with Gasteiger partial charge in [-0.25, -0.2) is 8.42 Å². The average molecular weight is 339 g/mol. The van der Waals surface area contributed by atoms with Crippen molar-refractivity contribution in [3.05, 3.63) is 30.1 Å². The van der Waals surface area contributed by atoms with Crippen LogP contribution in [0.4, 0.5) is 0 Å². The summed E-state index contributed by atoms with van der Waals surface area (Å²) in [6.45, 7) is 1.37. The summed E-state index contributed by atoms with van der Waals surface area (Å²) in [6.07, 6.45) is 6.43. The second-order valence-corrected chi connectivity index (χ2v) is 8.26. The number of sulfonamides is 1. The molecule has 2 fully saturated rings. The summed E-state index contributed by atoms with van der Waals surface area (Å²) in [4.78, 5) is 16.2. The van der Waals surface area contributed by atoms with E-state index >= 15 is 0 Å². The van der Waals surface area contributed by atoms with Crippen LogP contribution in [0.3, 0.4) is 0 Å². The summed E-state index contributed by atoms with van der Waals surface area (Å²) in [5, 5.41) is 3.03. The molecule has 0 radical (unpaired) electrons. The molecule has 2 saturated heterocycles. The third-order valence-corrected chi connectivity index (χ3v) is 5.77. The van der Waals surface area contributed by atoms with Gasteiger partial charge >= 0.3 is 0 Å². The first kappa shape index (κ1) is 16.4. The highest BCUT2D eigenvalue weighted by atomic mass is 32.2. The van der Waals surface area contributed by atoms with Crippen LogP contribution in [0.1, 0.15) is 29.6 Å². The van der Waals surface area contributed by atoms with E-state index in [-0.39, 0.29) is 11.9 Å². The van der Waals surface area contributed by atoms with Crippen molar-refractivity contribution in [3.63, 3.8) is 0 Å². The maximum Gasteiger partial charge on any atom is 0.251 e. The fraction of sp³-hybridized carbons (Fsp3) is 0.600. The number of carbonyl (C=O) groups is 1. The number of aromatic nitrogens is 1. The Hall–Kier alpha value is -1.51. The molecular weight excluding hydrogens is 318 g/mol. The van der Waals surface area contributed by atoms with Crippen LogP contribution in [-0.2, 0) is 14.8 Å². The van der Waals surface area contributed by atoms with Crippen molar-refractivity contribution in [1.82, 2.24) is 14.6 Å². The van der Waals surface area contributed by atoms with Gasteiger partial charge in [0.1, 0.15) is 0 Å². The first-order chi connectivity index (χ1) is 10.9. The van der Waals surface area contributed by atoms with E-state index in [0.29, 0.717) is 38.1 Å². The van der Waals surface area contributed by atoms with E-state index < -0.39 is 15.6 Å². The van der Waals surface area contributed by atoms with Gasteiger partial charge in [-0.3, -0.25) is 9.78 Å². The van der Waals surface area contributed by atoms with E-state index in [9.17, 15) is 13.2 Å². The van der Waals surface area contributed by atoms with Crippen LogP contribution >= 0.6 is 0 Å². The van der Waals surface area contributed by atoms with E-state index in [1.54, 1.807) is 24.5 Å². The van der Waals surface area contributed by atoms with Crippen LogP contribution < -0.4 is 5.32 Å². The fourth-order valence-electron chi connectivity index (χ4n) is 3.30. The number of nitrogens with zero attached hydrogens (tertiary/aromatic N) is 2. The molecule has 1 aromatic rings. The number of amides is 1. The molecule has 1 N–H and O–H groups in total. The highest BCUT2D eigenvalue weighted by Gasteiger charge is 2.45. The molecule has 0 bridgehead atoms. The number of ether oxygens (including phenoxy) is 1. The molecule has 3 heterocycles. The lowest BCUT2D eigenvalue weighted by Gasteiger charge is -2.38. The number of nitrogens with one attached hydrogen (secondary N) is 1. The maximum absolute atomic E-state index is 12.3. The number of rotatable bonds is 3. The molecular formula is C15H21N3O4S. The van der Waals surface area contributed by atoms with Gasteiger partial charge in [-0.2, -0.15) is 4.31 Å². The Balaban J connectivity index is 1.64. The highest BCUT2D eigenvalue weighted by Crippen LogP contribution is 2.35. The monoisotopic (exact) mass is 339 g/mol. The number of hydrogen-bond donors (Lipinski definition) is 1. The summed E-state index contributed by atoms with van der Waals surface area (Å²) in [6, 6.07) is 3.33. The van der Waals surface area contributed by atoms with E-state index in [2.05, 4.69) is 10.3 Å². The summed E-state index contributed by atoms with van der Waals surface area (Å²) in [5.74, 6) is -0.132. The largest absolute Gasteiger partial charge is 0.373 e. The fourth-order valence-corrected chi connectivity index (χ4v) is 4.19. The van der Waals surface area contributed by atoms with E-state index in [1.165, 1.54) is 10.6 Å². The maximum atomic E-state index is 12.3. The lowest BCUT2D eigenvalue weighted by Crippen LogP contribution is -2.50. The zero-order chi connectivity index (χ0) is 16.5. The van der Waals surface area contributed by atoms with Gasteiger partial charge in [0, 0.05) is 43.7 Å². The molecule has 8 heteroatoms. The quantitative estimate of drug-likeness (QED) is 0.861. The van der Waals surface area contributed by atoms with Gasteiger partial charge in [-0.1, -0.05) is 0 Å². The minimum absolute atomic E-state index is 0.0103. The van der Waals surface area contributed by atoms with E-state index in [1.807, 2.05) is 0 Å². The van der Waals surface area contributed by atoms with E-state index in [0.717, 1.165) is 6.42 Å². The van der Waals surface area contributed by atoms with Crippen molar-refractivity contribution in [2.75, 3.05) is 26.0 Å². The third-order valence-electron chi connectivity index (χ3n) is 4.52. The van der Waals surface area contributed by atoms with Crippen LogP contribution in [0.5, 0.6) is 0 Å². The first-order valence-corrected chi connectivity index (χ1v) is 9.53. The Morgan fingerprint density at radius 2 is 2.17 bits per heavy atom. The Morgan fingerprint density at radius 3 is 2.83 bits per heavy atom. The summed E-state index contributed by atoms with van der Waals surface area (Å²) < 4.78 is 30.8. The number of hydrogen-bond acceptors (Lipinski definition) is 5. The molecule has 1 aromatic heterocycles. The summed E-state index contributed by atoms with van der Waals surface area (Å²) in [5.41, 5.74) is 0.0991. The van der Waals surface area contributed by atoms with Crippen LogP contribution in [-0.4, -0.2) is 61.2 Å². The van der Waals surface area contributed by atoms with Crippen molar-refractivity contribution in [2.24, 2.45) is 0 Å². The first-order valence-electron chi connectivity index (χ1n) is 7.68. The standard InChI is InChI=1S/C15H21N3O4S/c1-23(20,21)18-8-5-15(11-18)10-13(4-9-22-15)17-14(19)12-2-6-16-7-3-12/h2-3,6-7,13H,4-5,8-11H2,1H3,(H,17,19)/t13-,15+/m1/s1. The van der Waals surface area contributed by atoms with Gasteiger partial charge in [-0.05, 0) is 31.4 Å². The van der Waals surface area contributed by atoms with Gasteiger partial charge in [0.05, 0.1) is 11.9 Å². The van der Waals surface area contributed by atoms with Crippen molar-refractivity contribution < 1.29 is 17.9 Å². The van der Waals surface area contributed by atoms with Crippen LogP contribution in [0.2, 0.25) is 0 Å². The lowest BCUT2D eigenvalue weighted by atomic mass is 9.89. The second kappa shape index (κ2) is 6.18. The molecule has 2 atom stereocenters. The Morgan fingerprint density at radius 1 is 1.43 bits per heavy atom. The van der Waals surface area contributed by atoms with Crippen LogP contribution in [0.15, 0.2) is 24.5 Å². The molecule has 0 saturated carbocycles. The second-order valence-electron chi connectivity index (χ2n) is 6.28. The van der Waals surface area contributed by atoms with Gasteiger partial charge in [0.2, 0.25) is 10.0 Å². The molecule has 3 rings (SSSR count). The predicted molar refractivity (Wildman–Crippen MR) is 84.4 cm³/mol. The number of carbonyl (C=O) groups excluding carboxylic acids is 1. The topological polar surface area (TPSA) is 88.6 Å². The van der Waals surface area contributed by atoms with Gasteiger partial charge in [-0.15, -0.1) is 0 Å². The summed E-state index contributed by atoms with van der Waals surface area (Å²) >= 11 is 0. The predicted octanol–water partition coefficient (Wildman–Crippen LogP) is 0.395. The van der Waals surface area contributed by atoms with Gasteiger partial charge in [0.15, 0.2) is 0 Å². The minimum atomic E-state index is -3.20. The third kappa shape index (κ3) is 3.70. The molecule has 2 aliphatic rings. The zero-order valence-corrected chi connectivity index (χ0v) is 13.9. The summed E-state index contributed by atoms with van der Waals surface area (Å²) in [7, 11) is -3.20. The normalized spacial score (nSPS) is 28.8. The van der Waals surface area contributed by atoms with Crippen molar-refractivity contribution in [1.29, 1.82) is 0 Å². The zero-order valence-electron chi connectivity index (χ0n) is 13.1. The van der Waals surface area contributed by atoms with Crippen molar-refractivity contribution in [2.45, 2.75) is 30.9 Å². The molecule has 0 aliphatic carbocycles. The van der Waals surface area contributed by atoms with E-state index in [4.69, 9.17) is 4.74 Å². The van der Waals surface area contributed by atoms with Gasteiger partial charge in [0.25, 0.3) is 5.91 Å². The molecule has 23 heavy (non-hydrogen) atoms. The van der Waals surface area contributed by atoms with Gasteiger partial charge < -0.3 is 10.1 Å². The van der Waals surface area contributed by atoms with Crippen LogP contribution in [0, 0.1) is 0 Å². The smallest absolute Gasteiger partial charge is 0.251 e. The average Bonchev–Trinajstić information content (AvgIpc) is 2.92. The van der Waals surface area contributed by atoms with Crippen molar-refractivity contribution in [3.8, 4) is 0 Å². The van der Waals surface area contributed by atoms with Crippen LogP contribution in [0.25, 0.3) is 0 Å². The van der Waals surface area contributed by atoms with Crippen molar-refractivity contribution >= 4 is 15.9 Å². The molecule has 1 amide bonds. The molecule has 2 aliphatic heterocycles. The SMILES string of the molecule is CS(=O)(=O)N1CC[C@]2(C[C@H](NC(=O)c3ccncc3)CCO2)C1. The minimum Gasteiger partial charge on any atom is -0.373 e. The Kier molecular flexibility index (Phi) is 4.39. The molecule has 1 spiro atoms.